The highest BCUT2D eigenvalue weighted by Crippen LogP contribution is 2.38. The summed E-state index contributed by atoms with van der Waals surface area (Å²) in [6, 6.07) is 13.7. The number of piperidine rings is 1. The van der Waals surface area contributed by atoms with Crippen molar-refractivity contribution < 1.29 is 14.2 Å². The van der Waals surface area contributed by atoms with E-state index >= 15 is 0 Å². The molecule has 8 heteroatoms. The minimum Gasteiger partial charge on any atom is -0.497 e. The molecule has 0 saturated carbocycles. The highest BCUT2D eigenvalue weighted by Gasteiger charge is 2.32. The van der Waals surface area contributed by atoms with Crippen molar-refractivity contribution in [3.05, 3.63) is 59.4 Å². The Morgan fingerprint density at radius 2 is 1.62 bits per heavy atom. The van der Waals surface area contributed by atoms with E-state index in [9.17, 15) is 0 Å². The largest absolute Gasteiger partial charge is 0.497 e. The molecule has 0 radical (unpaired) electrons. The van der Waals surface area contributed by atoms with Crippen LogP contribution in [0.3, 0.4) is 0 Å². The zero-order chi connectivity index (χ0) is 22.5. The number of methoxy groups -OCH3 is 3. The van der Waals surface area contributed by atoms with Crippen molar-refractivity contribution in [2.45, 2.75) is 32.4 Å². The Labute approximate surface area is 189 Å². The zero-order valence-corrected chi connectivity index (χ0v) is 19.2. The highest BCUT2D eigenvalue weighted by atomic mass is 16.5. The summed E-state index contributed by atoms with van der Waals surface area (Å²) in [5.41, 5.74) is 2.11. The molecule has 3 aromatic rings. The molecule has 1 aliphatic rings. The normalized spacial score (nSPS) is 16.0. The van der Waals surface area contributed by atoms with Gasteiger partial charge < -0.3 is 14.2 Å². The van der Waals surface area contributed by atoms with Crippen LogP contribution in [0.2, 0.25) is 0 Å². The van der Waals surface area contributed by atoms with Crippen molar-refractivity contribution in [2.24, 2.45) is 5.92 Å². The van der Waals surface area contributed by atoms with Gasteiger partial charge in [-0.25, -0.2) is 4.68 Å². The van der Waals surface area contributed by atoms with E-state index in [0.717, 1.165) is 66.0 Å². The highest BCUT2D eigenvalue weighted by molar-refractivity contribution is 5.44. The van der Waals surface area contributed by atoms with Gasteiger partial charge in [-0.1, -0.05) is 19.1 Å². The van der Waals surface area contributed by atoms with Gasteiger partial charge in [-0.15, -0.1) is 5.10 Å². The first-order chi connectivity index (χ1) is 15.6. The first-order valence-electron chi connectivity index (χ1n) is 11.0. The number of likely N-dealkylation sites (tertiary alicyclic amines) is 1. The number of aromatic nitrogens is 4. The third-order valence-electron chi connectivity index (χ3n) is 6.21. The summed E-state index contributed by atoms with van der Waals surface area (Å²) in [5, 5.41) is 12.9. The summed E-state index contributed by atoms with van der Waals surface area (Å²) in [6.07, 6.45) is 2.28. The van der Waals surface area contributed by atoms with E-state index in [0.29, 0.717) is 6.54 Å². The lowest BCUT2D eigenvalue weighted by atomic mass is 9.95. The second-order valence-electron chi connectivity index (χ2n) is 8.27. The molecule has 4 rings (SSSR count). The number of rotatable bonds is 8. The van der Waals surface area contributed by atoms with Crippen LogP contribution in [0.25, 0.3) is 0 Å². The summed E-state index contributed by atoms with van der Waals surface area (Å²) < 4.78 is 18.4. The van der Waals surface area contributed by atoms with Crippen molar-refractivity contribution >= 4 is 0 Å². The fraction of sp³-hybridized carbons (Fsp3) is 0.458. The average Bonchev–Trinajstić information content (AvgIpc) is 3.28. The third-order valence-corrected chi connectivity index (χ3v) is 6.21. The fourth-order valence-electron chi connectivity index (χ4n) is 4.26. The zero-order valence-electron chi connectivity index (χ0n) is 19.2. The molecule has 0 amide bonds. The summed E-state index contributed by atoms with van der Waals surface area (Å²) in [6.45, 7) is 4.83. The number of nitrogens with zero attached hydrogens (tertiary/aromatic N) is 5. The molecule has 0 aliphatic carbocycles. The minimum atomic E-state index is -0.138. The van der Waals surface area contributed by atoms with Crippen LogP contribution in [0.4, 0.5) is 0 Å². The maximum atomic E-state index is 5.75. The topological polar surface area (TPSA) is 74.5 Å². The number of hydrogen-bond donors (Lipinski definition) is 0. The van der Waals surface area contributed by atoms with E-state index in [1.54, 1.807) is 21.3 Å². The Bertz CT molecular complexity index is 1010. The molecule has 0 N–H and O–H groups in total. The van der Waals surface area contributed by atoms with E-state index in [-0.39, 0.29) is 6.04 Å². The lowest BCUT2D eigenvalue weighted by Gasteiger charge is -2.36. The van der Waals surface area contributed by atoms with Crippen LogP contribution < -0.4 is 14.2 Å². The predicted octanol–water partition coefficient (Wildman–Crippen LogP) is 3.57. The fourth-order valence-corrected chi connectivity index (χ4v) is 4.26. The Morgan fingerprint density at radius 3 is 2.28 bits per heavy atom. The SMILES string of the molecule is COc1ccc(Cn2nnnc2C(c2cc(OC)ccc2OC)N2CCC(C)CC2)cc1. The lowest BCUT2D eigenvalue weighted by molar-refractivity contribution is 0.148. The monoisotopic (exact) mass is 437 g/mol. The predicted molar refractivity (Wildman–Crippen MR) is 121 cm³/mol. The van der Waals surface area contributed by atoms with Gasteiger partial charge in [0.15, 0.2) is 5.82 Å². The quantitative estimate of drug-likeness (QED) is 0.533. The van der Waals surface area contributed by atoms with Crippen LogP contribution in [0.1, 0.15) is 42.8 Å². The average molecular weight is 438 g/mol. The van der Waals surface area contributed by atoms with E-state index in [1.165, 1.54) is 0 Å². The maximum Gasteiger partial charge on any atom is 0.173 e. The Kier molecular flexibility index (Phi) is 6.90. The molecule has 2 aromatic carbocycles. The summed E-state index contributed by atoms with van der Waals surface area (Å²) in [4.78, 5) is 2.45. The molecule has 1 unspecified atom stereocenters. The van der Waals surface area contributed by atoms with Crippen LogP contribution in [0, 0.1) is 5.92 Å². The van der Waals surface area contributed by atoms with Gasteiger partial charge in [0.05, 0.1) is 27.9 Å². The van der Waals surface area contributed by atoms with E-state index in [2.05, 4.69) is 27.3 Å². The lowest BCUT2D eigenvalue weighted by Crippen LogP contribution is -2.38. The molecule has 170 valence electrons. The van der Waals surface area contributed by atoms with Gasteiger partial charge >= 0.3 is 0 Å². The van der Waals surface area contributed by atoms with Crippen LogP contribution >= 0.6 is 0 Å². The van der Waals surface area contributed by atoms with Gasteiger partial charge in [0, 0.05) is 5.56 Å². The minimum absolute atomic E-state index is 0.138. The molecule has 1 aromatic heterocycles. The molecular formula is C24H31N5O3. The number of tetrazole rings is 1. The van der Waals surface area contributed by atoms with Crippen molar-refractivity contribution in [3.8, 4) is 17.2 Å². The second kappa shape index (κ2) is 9.99. The molecular weight excluding hydrogens is 406 g/mol. The van der Waals surface area contributed by atoms with Gasteiger partial charge in [0.25, 0.3) is 0 Å². The summed E-state index contributed by atoms with van der Waals surface area (Å²) >= 11 is 0. The van der Waals surface area contributed by atoms with Gasteiger partial charge in [-0.3, -0.25) is 4.90 Å². The third kappa shape index (κ3) is 4.70. The number of ether oxygens (including phenoxy) is 3. The molecule has 8 nitrogen and oxygen atoms in total. The molecule has 1 fully saturated rings. The number of hydrogen-bond acceptors (Lipinski definition) is 7. The van der Waals surface area contributed by atoms with Crippen molar-refractivity contribution in [1.29, 1.82) is 0 Å². The van der Waals surface area contributed by atoms with Gasteiger partial charge in [0.2, 0.25) is 0 Å². The van der Waals surface area contributed by atoms with Crippen LogP contribution in [-0.2, 0) is 6.54 Å². The standard InChI is InChI=1S/C24H31N5O3/c1-17-11-13-28(14-12-17)23(21-15-20(31-3)9-10-22(21)32-4)24-25-26-27-29(24)16-18-5-7-19(30-2)8-6-18/h5-10,15,17,23H,11-14,16H2,1-4H3. The van der Waals surface area contributed by atoms with Crippen LogP contribution in [-0.4, -0.2) is 59.5 Å². The molecule has 1 saturated heterocycles. The van der Waals surface area contributed by atoms with E-state index in [1.807, 2.05) is 47.1 Å². The summed E-state index contributed by atoms with van der Waals surface area (Å²) in [5.74, 6) is 3.92. The van der Waals surface area contributed by atoms with Gasteiger partial charge in [-0.2, -0.15) is 0 Å². The van der Waals surface area contributed by atoms with Gasteiger partial charge in [0.1, 0.15) is 23.3 Å². The van der Waals surface area contributed by atoms with Crippen LogP contribution in [0.15, 0.2) is 42.5 Å². The first-order valence-corrected chi connectivity index (χ1v) is 11.0. The number of benzene rings is 2. The van der Waals surface area contributed by atoms with Crippen LogP contribution in [0.5, 0.6) is 17.2 Å². The molecule has 32 heavy (non-hydrogen) atoms. The smallest absolute Gasteiger partial charge is 0.173 e. The summed E-state index contributed by atoms with van der Waals surface area (Å²) in [7, 11) is 5.04. The molecule has 0 spiro atoms. The Morgan fingerprint density at radius 1 is 0.938 bits per heavy atom. The van der Waals surface area contributed by atoms with Crippen molar-refractivity contribution in [3.63, 3.8) is 0 Å². The maximum absolute atomic E-state index is 5.75. The Hall–Kier alpha value is -3.13. The second-order valence-corrected chi connectivity index (χ2v) is 8.27. The van der Waals surface area contributed by atoms with Crippen molar-refractivity contribution in [2.75, 3.05) is 34.4 Å². The molecule has 0 bridgehead atoms. The van der Waals surface area contributed by atoms with E-state index < -0.39 is 0 Å². The van der Waals surface area contributed by atoms with E-state index in [4.69, 9.17) is 14.2 Å². The first kappa shape index (κ1) is 22.1. The molecule has 1 atom stereocenters. The van der Waals surface area contributed by atoms with Gasteiger partial charge in [-0.05, 0) is 78.2 Å². The van der Waals surface area contributed by atoms with Crippen molar-refractivity contribution in [1.82, 2.24) is 25.1 Å². The molecule has 2 heterocycles. The Balaban J connectivity index is 1.74. The molecule has 1 aliphatic heterocycles.